The van der Waals surface area contributed by atoms with E-state index in [9.17, 15) is 4.79 Å². The zero-order valence-electron chi connectivity index (χ0n) is 16.6. The Labute approximate surface area is 170 Å². The lowest BCUT2D eigenvalue weighted by atomic mass is 10.1. The second-order valence-corrected chi connectivity index (χ2v) is 7.91. The molecule has 5 heteroatoms. The topological polar surface area (TPSA) is 52.1 Å². The summed E-state index contributed by atoms with van der Waals surface area (Å²) in [6, 6.07) is 17.3. The minimum Gasteiger partial charge on any atom is -0.439 e. The highest BCUT2D eigenvalue weighted by Crippen LogP contribution is 2.28. The summed E-state index contributed by atoms with van der Waals surface area (Å²) in [5, 5.41) is 0.699. The minimum absolute atomic E-state index is 0.0329. The van der Waals surface area contributed by atoms with Crippen LogP contribution < -0.4 is 4.74 Å². The quantitative estimate of drug-likeness (QED) is 0.272. The number of hydrogen-bond donors (Lipinski definition) is 0. The van der Waals surface area contributed by atoms with Gasteiger partial charge in [-0.3, -0.25) is 4.79 Å². The van der Waals surface area contributed by atoms with Gasteiger partial charge >= 0.3 is 0 Å². The Morgan fingerprint density at radius 2 is 1.79 bits per heavy atom. The number of nitrogens with zero attached hydrogens (tertiary/aromatic N) is 2. The zero-order chi connectivity index (χ0) is 20.1. The number of benzene rings is 2. The molecular weight excluding hydrogens is 368 g/mol. The average Bonchev–Trinajstić information content (AvgIpc) is 2.67. The first-order chi connectivity index (χ1) is 13.4. The molecule has 0 unspecified atom stereocenters. The molecule has 0 radical (unpaired) electrons. The molecule has 0 bridgehead atoms. The van der Waals surface area contributed by atoms with Crippen LogP contribution in [0.1, 0.15) is 53.9 Å². The molecule has 0 aliphatic rings. The maximum absolute atomic E-state index is 11.4. The van der Waals surface area contributed by atoms with Gasteiger partial charge in [0.15, 0.2) is 10.9 Å². The number of carbonyl (C=O) groups is 1. The summed E-state index contributed by atoms with van der Waals surface area (Å²) in [5.74, 6) is 2.27. The normalized spacial score (nSPS) is 10.9. The molecule has 3 aromatic rings. The van der Waals surface area contributed by atoms with Crippen LogP contribution in [0.15, 0.2) is 59.8 Å². The Hall–Kier alpha value is -2.66. The van der Waals surface area contributed by atoms with Gasteiger partial charge in [0.1, 0.15) is 5.75 Å². The molecule has 0 aliphatic carbocycles. The number of carbonyl (C=O) groups excluding carboxylic acids is 1. The van der Waals surface area contributed by atoms with Crippen LogP contribution in [0, 0.1) is 6.92 Å². The highest BCUT2D eigenvalue weighted by Gasteiger charge is 2.11. The largest absolute Gasteiger partial charge is 0.439 e. The molecule has 28 heavy (non-hydrogen) atoms. The molecule has 3 rings (SSSR count). The molecule has 0 aliphatic heterocycles. The molecule has 0 spiro atoms. The number of ketones is 1. The Bertz CT molecular complexity index is 969. The summed E-state index contributed by atoms with van der Waals surface area (Å²) in [7, 11) is 0. The van der Waals surface area contributed by atoms with Crippen molar-refractivity contribution < 1.29 is 9.53 Å². The first-order valence-electron chi connectivity index (χ1n) is 9.27. The summed E-state index contributed by atoms with van der Waals surface area (Å²) in [4.78, 5) is 20.7. The van der Waals surface area contributed by atoms with Crippen molar-refractivity contribution in [2.45, 2.75) is 44.5 Å². The lowest BCUT2D eigenvalue weighted by Crippen LogP contribution is -2.00. The first-order valence-corrected chi connectivity index (χ1v) is 10.3. The van der Waals surface area contributed by atoms with Crippen molar-refractivity contribution >= 4 is 17.5 Å². The van der Waals surface area contributed by atoms with Gasteiger partial charge in [-0.25, -0.2) is 4.98 Å². The van der Waals surface area contributed by atoms with Crippen LogP contribution in [0.25, 0.3) is 0 Å². The van der Waals surface area contributed by atoms with Gasteiger partial charge < -0.3 is 4.74 Å². The first kappa shape index (κ1) is 20.1. The van der Waals surface area contributed by atoms with Gasteiger partial charge in [-0.15, -0.1) is 0 Å². The van der Waals surface area contributed by atoms with Crippen LogP contribution in [0.5, 0.6) is 11.6 Å². The second kappa shape index (κ2) is 9.02. The standard InChI is InChI=1S/C23H24N2O2S/c1-15(2)21-13-22(27-20-11-9-18(10-12-20)17(4)26)25-23(24-21)28-14-19-8-6-5-7-16(19)3/h5-13,15H,14H2,1-4H3. The maximum atomic E-state index is 11.4. The summed E-state index contributed by atoms with van der Waals surface area (Å²) in [5.41, 5.74) is 4.13. The molecular formula is C23H24N2O2S. The van der Waals surface area contributed by atoms with Gasteiger partial charge in [-0.2, -0.15) is 4.98 Å². The van der Waals surface area contributed by atoms with Crippen molar-refractivity contribution in [1.29, 1.82) is 0 Å². The Kier molecular flexibility index (Phi) is 6.47. The molecule has 0 amide bonds. The van der Waals surface area contributed by atoms with Crippen molar-refractivity contribution in [2.75, 3.05) is 0 Å². The Morgan fingerprint density at radius 1 is 1.07 bits per heavy atom. The second-order valence-electron chi connectivity index (χ2n) is 6.97. The number of rotatable bonds is 7. The van der Waals surface area contributed by atoms with Gasteiger partial charge in [0, 0.05) is 17.4 Å². The lowest BCUT2D eigenvalue weighted by molar-refractivity contribution is 0.101. The molecule has 0 atom stereocenters. The summed E-state index contributed by atoms with van der Waals surface area (Å²) >= 11 is 1.60. The van der Waals surface area contributed by atoms with E-state index in [1.54, 1.807) is 43.0 Å². The van der Waals surface area contributed by atoms with E-state index < -0.39 is 0 Å². The van der Waals surface area contributed by atoms with E-state index in [2.05, 4.69) is 42.9 Å². The lowest BCUT2D eigenvalue weighted by Gasteiger charge is -2.11. The fraction of sp³-hybridized carbons (Fsp3) is 0.261. The highest BCUT2D eigenvalue weighted by molar-refractivity contribution is 7.98. The molecule has 0 saturated heterocycles. The third-order valence-electron chi connectivity index (χ3n) is 4.39. The van der Waals surface area contributed by atoms with Gasteiger partial charge in [0.2, 0.25) is 5.88 Å². The monoisotopic (exact) mass is 392 g/mol. The molecule has 0 N–H and O–H groups in total. The molecule has 0 saturated carbocycles. The van der Waals surface area contributed by atoms with Crippen molar-refractivity contribution in [1.82, 2.24) is 9.97 Å². The molecule has 1 heterocycles. The summed E-state index contributed by atoms with van der Waals surface area (Å²) < 4.78 is 5.94. The number of aryl methyl sites for hydroxylation is 1. The summed E-state index contributed by atoms with van der Waals surface area (Å²) in [6.07, 6.45) is 0. The van der Waals surface area contributed by atoms with Crippen LogP contribution >= 0.6 is 11.8 Å². The third-order valence-corrected chi connectivity index (χ3v) is 5.29. The van der Waals surface area contributed by atoms with E-state index in [0.29, 0.717) is 22.3 Å². The SMILES string of the molecule is CC(=O)c1ccc(Oc2cc(C(C)C)nc(SCc3ccccc3C)n2)cc1. The van der Waals surface area contributed by atoms with Gasteiger partial charge in [0.05, 0.1) is 5.69 Å². The van der Waals surface area contributed by atoms with Crippen LogP contribution in [-0.2, 0) is 5.75 Å². The summed E-state index contributed by atoms with van der Waals surface area (Å²) in [6.45, 7) is 7.86. The molecule has 2 aromatic carbocycles. The van der Waals surface area contributed by atoms with Gasteiger partial charge in [-0.1, -0.05) is 49.9 Å². The maximum Gasteiger partial charge on any atom is 0.223 e. The molecule has 144 valence electrons. The highest BCUT2D eigenvalue weighted by atomic mass is 32.2. The third kappa shape index (κ3) is 5.20. The zero-order valence-corrected chi connectivity index (χ0v) is 17.4. The van der Waals surface area contributed by atoms with Crippen LogP contribution in [-0.4, -0.2) is 15.8 Å². The number of aromatic nitrogens is 2. The average molecular weight is 393 g/mol. The Morgan fingerprint density at radius 3 is 2.43 bits per heavy atom. The van der Waals surface area contributed by atoms with Crippen molar-refractivity contribution in [3.05, 3.63) is 77.0 Å². The fourth-order valence-corrected chi connectivity index (χ4v) is 3.56. The van der Waals surface area contributed by atoms with E-state index in [-0.39, 0.29) is 11.7 Å². The van der Waals surface area contributed by atoms with Crippen molar-refractivity contribution in [3.8, 4) is 11.6 Å². The van der Waals surface area contributed by atoms with E-state index in [0.717, 1.165) is 11.4 Å². The van der Waals surface area contributed by atoms with Crippen LogP contribution in [0.3, 0.4) is 0 Å². The van der Waals surface area contributed by atoms with E-state index in [1.807, 2.05) is 18.2 Å². The molecule has 1 aromatic heterocycles. The van der Waals surface area contributed by atoms with Gasteiger partial charge in [0.25, 0.3) is 0 Å². The van der Waals surface area contributed by atoms with Crippen molar-refractivity contribution in [2.24, 2.45) is 0 Å². The smallest absolute Gasteiger partial charge is 0.223 e. The van der Waals surface area contributed by atoms with Gasteiger partial charge in [-0.05, 0) is 55.2 Å². The number of hydrogen-bond acceptors (Lipinski definition) is 5. The molecule has 0 fully saturated rings. The van der Waals surface area contributed by atoms with Crippen LogP contribution in [0.4, 0.5) is 0 Å². The molecule has 4 nitrogen and oxygen atoms in total. The van der Waals surface area contributed by atoms with E-state index in [1.165, 1.54) is 11.1 Å². The number of ether oxygens (including phenoxy) is 1. The number of Topliss-reactive ketones (excluding diaryl/α,β-unsaturated/α-hetero) is 1. The fourth-order valence-electron chi connectivity index (χ4n) is 2.63. The predicted octanol–water partition coefficient (Wildman–Crippen LogP) is 6.20. The van der Waals surface area contributed by atoms with Crippen molar-refractivity contribution in [3.63, 3.8) is 0 Å². The van der Waals surface area contributed by atoms with E-state index >= 15 is 0 Å². The minimum atomic E-state index is 0.0329. The Balaban J connectivity index is 1.80. The van der Waals surface area contributed by atoms with E-state index in [4.69, 9.17) is 4.74 Å². The number of thioether (sulfide) groups is 1. The van der Waals surface area contributed by atoms with Crippen LogP contribution in [0.2, 0.25) is 0 Å². The predicted molar refractivity (Wildman–Crippen MR) is 113 cm³/mol.